The molecule has 1 aliphatic carbocycles. The van der Waals surface area contributed by atoms with Crippen LogP contribution in [0.25, 0.3) is 22.0 Å². The highest BCUT2D eigenvalue weighted by molar-refractivity contribution is 5.95. The molecule has 2 aromatic heterocycles. The molecule has 1 aliphatic rings. The van der Waals surface area contributed by atoms with E-state index in [0.717, 1.165) is 24.8 Å². The zero-order chi connectivity index (χ0) is 22.5. The molecule has 2 heterocycles. The van der Waals surface area contributed by atoms with Crippen molar-refractivity contribution < 1.29 is 18.3 Å². The molecule has 0 saturated heterocycles. The van der Waals surface area contributed by atoms with Crippen LogP contribution in [-0.4, -0.2) is 30.7 Å². The quantitative estimate of drug-likeness (QED) is 0.544. The number of ether oxygens (including phenoxy) is 2. The van der Waals surface area contributed by atoms with Crippen LogP contribution >= 0.6 is 0 Å². The van der Waals surface area contributed by atoms with Gasteiger partial charge >= 0.3 is 0 Å². The largest absolute Gasteiger partial charge is 0.494 e. The van der Waals surface area contributed by atoms with Gasteiger partial charge < -0.3 is 20.5 Å². The lowest BCUT2D eigenvalue weighted by Gasteiger charge is -2.15. The maximum Gasteiger partial charge on any atom is 0.177 e. The predicted molar refractivity (Wildman–Crippen MR) is 120 cm³/mol. The van der Waals surface area contributed by atoms with E-state index in [-0.39, 0.29) is 22.8 Å². The van der Waals surface area contributed by atoms with Crippen molar-refractivity contribution in [1.29, 1.82) is 0 Å². The second-order valence-corrected chi connectivity index (χ2v) is 7.50. The van der Waals surface area contributed by atoms with Gasteiger partial charge in [0, 0.05) is 29.6 Å². The molecule has 3 N–H and O–H groups in total. The molecule has 1 aromatic carbocycles. The van der Waals surface area contributed by atoms with E-state index in [9.17, 15) is 8.78 Å². The molecule has 8 heteroatoms. The fourth-order valence-corrected chi connectivity index (χ4v) is 3.10. The van der Waals surface area contributed by atoms with Crippen molar-refractivity contribution in [2.45, 2.75) is 33.1 Å². The van der Waals surface area contributed by atoms with E-state index in [2.05, 4.69) is 29.1 Å². The number of benzene rings is 1. The molecule has 166 valence electrons. The van der Waals surface area contributed by atoms with Gasteiger partial charge in [0.15, 0.2) is 23.1 Å². The number of pyridine rings is 2. The molecule has 0 atom stereocenters. The number of rotatable bonds is 6. The van der Waals surface area contributed by atoms with Crippen LogP contribution in [0.15, 0.2) is 24.4 Å². The standard InChI is InChI=1S/C20H20F2N4O2.C3H8/c1-27-14-7-15(28-2)19(22)17(18(14)21)13-5-11-9-24-16(23)6-12(11)20(26-13)25-8-10-3-4-10;1-3-2/h5-7,9-10H,3-4,8H2,1-2H3,(H2,23,24)(H,25,26);3H2,1-2H3. The fourth-order valence-electron chi connectivity index (χ4n) is 3.10. The van der Waals surface area contributed by atoms with E-state index in [4.69, 9.17) is 15.2 Å². The Morgan fingerprint density at radius 2 is 1.68 bits per heavy atom. The van der Waals surface area contributed by atoms with Gasteiger partial charge in [0.25, 0.3) is 0 Å². The van der Waals surface area contributed by atoms with Crippen molar-refractivity contribution in [3.05, 3.63) is 36.0 Å². The number of aromatic nitrogens is 2. The number of nitrogen functional groups attached to an aromatic ring is 1. The number of hydrogen-bond acceptors (Lipinski definition) is 6. The fraction of sp³-hybridized carbons (Fsp3) is 0.391. The number of fused-ring (bicyclic) bond motifs is 1. The lowest BCUT2D eigenvalue weighted by molar-refractivity contribution is 0.359. The van der Waals surface area contributed by atoms with Crippen LogP contribution in [-0.2, 0) is 0 Å². The van der Waals surface area contributed by atoms with E-state index in [0.29, 0.717) is 22.9 Å². The highest BCUT2D eigenvalue weighted by Crippen LogP contribution is 2.39. The van der Waals surface area contributed by atoms with E-state index in [1.165, 1.54) is 26.7 Å². The minimum absolute atomic E-state index is 0.115. The Morgan fingerprint density at radius 3 is 2.23 bits per heavy atom. The Hall–Kier alpha value is -3.16. The number of nitrogens with one attached hydrogen (secondary N) is 1. The topological polar surface area (TPSA) is 82.3 Å². The molecular formula is C23H28F2N4O2. The van der Waals surface area contributed by atoms with Crippen molar-refractivity contribution in [2.75, 3.05) is 31.8 Å². The Bertz CT molecular complexity index is 1040. The first-order chi connectivity index (χ1) is 14.9. The summed E-state index contributed by atoms with van der Waals surface area (Å²) in [5, 5.41) is 4.69. The summed E-state index contributed by atoms with van der Waals surface area (Å²) in [6.45, 7) is 4.99. The maximum absolute atomic E-state index is 14.9. The first-order valence-corrected chi connectivity index (χ1v) is 10.3. The van der Waals surface area contributed by atoms with Crippen LogP contribution in [0.4, 0.5) is 20.4 Å². The van der Waals surface area contributed by atoms with E-state index >= 15 is 0 Å². The Kier molecular flexibility index (Phi) is 7.09. The average Bonchev–Trinajstić information content (AvgIpc) is 3.58. The summed E-state index contributed by atoms with van der Waals surface area (Å²) < 4.78 is 39.9. The Morgan fingerprint density at radius 1 is 1.06 bits per heavy atom. The highest BCUT2D eigenvalue weighted by Gasteiger charge is 2.25. The smallest absolute Gasteiger partial charge is 0.177 e. The maximum atomic E-state index is 14.9. The van der Waals surface area contributed by atoms with Gasteiger partial charge in [-0.3, -0.25) is 0 Å². The minimum Gasteiger partial charge on any atom is -0.494 e. The molecule has 6 nitrogen and oxygen atoms in total. The molecule has 3 aromatic rings. The van der Waals surface area contributed by atoms with E-state index < -0.39 is 11.6 Å². The van der Waals surface area contributed by atoms with Crippen molar-refractivity contribution in [3.63, 3.8) is 0 Å². The average molecular weight is 430 g/mol. The molecule has 0 aliphatic heterocycles. The van der Waals surface area contributed by atoms with E-state index in [1.807, 2.05) is 0 Å². The predicted octanol–water partition coefficient (Wildman–Crippen LogP) is 5.41. The molecule has 0 amide bonds. The van der Waals surface area contributed by atoms with Crippen LogP contribution in [0.1, 0.15) is 33.1 Å². The molecule has 31 heavy (non-hydrogen) atoms. The van der Waals surface area contributed by atoms with Gasteiger partial charge in [-0.05, 0) is 30.9 Å². The number of nitrogens with zero attached hydrogens (tertiary/aromatic N) is 2. The van der Waals surface area contributed by atoms with Gasteiger partial charge in [0.2, 0.25) is 0 Å². The summed E-state index contributed by atoms with van der Waals surface area (Å²) in [6.07, 6.45) is 5.13. The Balaban J connectivity index is 0.000000858. The van der Waals surface area contributed by atoms with Crippen LogP contribution in [0.5, 0.6) is 11.5 Å². The second kappa shape index (κ2) is 9.76. The lowest BCUT2D eigenvalue weighted by atomic mass is 10.1. The number of anilines is 2. The monoisotopic (exact) mass is 430 g/mol. The van der Waals surface area contributed by atoms with Gasteiger partial charge in [-0.2, -0.15) is 0 Å². The number of methoxy groups -OCH3 is 2. The Labute approximate surface area is 180 Å². The van der Waals surface area contributed by atoms with Gasteiger partial charge in [-0.25, -0.2) is 18.7 Å². The molecule has 0 bridgehead atoms. The zero-order valence-electron chi connectivity index (χ0n) is 18.3. The third-order valence-corrected chi connectivity index (χ3v) is 4.82. The first kappa shape index (κ1) is 22.5. The second-order valence-electron chi connectivity index (χ2n) is 7.50. The zero-order valence-corrected chi connectivity index (χ0v) is 18.3. The van der Waals surface area contributed by atoms with Gasteiger partial charge in [0.1, 0.15) is 11.6 Å². The van der Waals surface area contributed by atoms with Gasteiger partial charge in [-0.1, -0.05) is 20.3 Å². The first-order valence-electron chi connectivity index (χ1n) is 10.3. The molecule has 1 fully saturated rings. The summed E-state index contributed by atoms with van der Waals surface area (Å²) in [5.74, 6) is -0.499. The van der Waals surface area contributed by atoms with Crippen molar-refractivity contribution >= 4 is 22.4 Å². The number of hydrogen-bond donors (Lipinski definition) is 2. The summed E-state index contributed by atoms with van der Waals surface area (Å²) in [7, 11) is 2.62. The number of nitrogens with two attached hydrogens (primary N) is 1. The molecule has 0 radical (unpaired) electrons. The summed E-state index contributed by atoms with van der Waals surface area (Å²) in [6, 6.07) is 4.44. The van der Waals surface area contributed by atoms with Gasteiger partial charge in [-0.15, -0.1) is 0 Å². The van der Waals surface area contributed by atoms with Crippen LogP contribution in [0.2, 0.25) is 0 Å². The van der Waals surface area contributed by atoms with Crippen molar-refractivity contribution in [1.82, 2.24) is 9.97 Å². The van der Waals surface area contributed by atoms with Crippen LogP contribution < -0.4 is 20.5 Å². The number of halogens is 2. The molecule has 0 spiro atoms. The molecule has 1 saturated carbocycles. The highest BCUT2D eigenvalue weighted by atomic mass is 19.1. The SMILES string of the molecule is CCC.COc1cc(OC)c(F)c(-c2cc3cnc(N)cc3c(NCC3CC3)n2)c1F. The normalized spacial score (nSPS) is 12.8. The third-order valence-electron chi connectivity index (χ3n) is 4.82. The molecular weight excluding hydrogens is 402 g/mol. The molecule has 0 unspecified atom stereocenters. The molecule has 4 rings (SSSR count). The van der Waals surface area contributed by atoms with Gasteiger partial charge in [0.05, 0.1) is 25.5 Å². The third kappa shape index (κ3) is 4.95. The van der Waals surface area contributed by atoms with Crippen molar-refractivity contribution in [2.24, 2.45) is 5.92 Å². The minimum atomic E-state index is -0.843. The lowest BCUT2D eigenvalue weighted by Crippen LogP contribution is -2.07. The van der Waals surface area contributed by atoms with Crippen LogP contribution in [0.3, 0.4) is 0 Å². The van der Waals surface area contributed by atoms with Crippen molar-refractivity contribution in [3.8, 4) is 22.8 Å². The van der Waals surface area contributed by atoms with Crippen LogP contribution in [0, 0.1) is 17.6 Å². The summed E-state index contributed by atoms with van der Waals surface area (Å²) in [4.78, 5) is 8.59. The summed E-state index contributed by atoms with van der Waals surface area (Å²) in [5.41, 5.74) is 5.61. The van der Waals surface area contributed by atoms with E-state index in [1.54, 1.807) is 18.3 Å². The summed E-state index contributed by atoms with van der Waals surface area (Å²) >= 11 is 0.